The lowest BCUT2D eigenvalue weighted by atomic mass is 10.1. The van der Waals surface area contributed by atoms with Gasteiger partial charge in [0.15, 0.2) is 46.5 Å². The van der Waals surface area contributed by atoms with Crippen LogP contribution in [0.4, 0.5) is 35.1 Å². The van der Waals surface area contributed by atoms with Crippen molar-refractivity contribution in [1.29, 1.82) is 0 Å². The first-order valence-electron chi connectivity index (χ1n) is 12.5. The second-order valence-electron chi connectivity index (χ2n) is 9.15. The van der Waals surface area contributed by atoms with Crippen LogP contribution in [0.2, 0.25) is 0 Å². The molecule has 21 heteroatoms. The van der Waals surface area contributed by atoms with E-state index in [1.807, 2.05) is 0 Å². The number of carbonyl (C=O) groups excluding carboxylic acids is 1. The number of carboxylic acids is 2. The highest BCUT2D eigenvalue weighted by molar-refractivity contribution is 5.96. The van der Waals surface area contributed by atoms with Crippen LogP contribution in [-0.4, -0.2) is 69.6 Å². The molecule has 5 rings (SSSR count). The quantitative estimate of drug-likeness (QED) is 0.163. The van der Waals surface area contributed by atoms with Crippen LogP contribution in [0.1, 0.15) is 38.0 Å². The lowest BCUT2D eigenvalue weighted by Crippen LogP contribution is -2.22. The Morgan fingerprint density at radius 1 is 0.638 bits per heavy atom. The molecule has 0 unspecified atom stereocenters. The van der Waals surface area contributed by atoms with Gasteiger partial charge in [-0.1, -0.05) is 10.4 Å². The van der Waals surface area contributed by atoms with Crippen LogP contribution in [0.25, 0.3) is 34.2 Å². The van der Waals surface area contributed by atoms with Gasteiger partial charge in [-0.25, -0.2) is 59.1 Å². The number of nitrogens with zero attached hydrogens (tertiary/aromatic N) is 7. The maximum Gasteiger partial charge on any atom is 0.341 e. The Hall–Kier alpha value is -6.28. The number of carboxylic acid groups (broad SMARTS) is 2. The van der Waals surface area contributed by atoms with Crippen LogP contribution in [0, 0.1) is 46.5 Å². The molecule has 3 aromatic heterocycles. The molecule has 0 bridgehead atoms. The minimum Gasteiger partial charge on any atom is -0.477 e. The Labute approximate surface area is 253 Å². The van der Waals surface area contributed by atoms with Gasteiger partial charge >= 0.3 is 11.9 Å². The van der Waals surface area contributed by atoms with Gasteiger partial charge in [0, 0.05) is 12.1 Å². The fourth-order valence-electron chi connectivity index (χ4n) is 4.19. The minimum atomic E-state index is -2.29. The zero-order chi connectivity index (χ0) is 34.5. The number of hydrogen-bond donors (Lipinski definition) is 3. The molecule has 0 saturated carbocycles. The number of halogens is 8. The molecule has 3 heterocycles. The van der Waals surface area contributed by atoms with E-state index in [4.69, 9.17) is 10.2 Å². The molecule has 0 aliphatic heterocycles. The van der Waals surface area contributed by atoms with Crippen LogP contribution < -0.4 is 5.32 Å². The Balaban J connectivity index is 1.63. The Kier molecular flexibility index (Phi) is 8.14. The van der Waals surface area contributed by atoms with Gasteiger partial charge < -0.3 is 15.5 Å². The first-order chi connectivity index (χ1) is 22.2. The van der Waals surface area contributed by atoms with Crippen molar-refractivity contribution in [2.45, 2.75) is 6.92 Å². The van der Waals surface area contributed by atoms with Crippen molar-refractivity contribution < 1.29 is 59.7 Å². The van der Waals surface area contributed by atoms with Crippen LogP contribution >= 0.6 is 0 Å². The second-order valence-corrected chi connectivity index (χ2v) is 9.15. The number of carbonyl (C=O) groups is 3. The molecule has 47 heavy (non-hydrogen) atoms. The second kappa shape index (κ2) is 11.9. The number of nitrogens with one attached hydrogen (secondary N) is 1. The van der Waals surface area contributed by atoms with E-state index in [0.29, 0.717) is 12.4 Å². The van der Waals surface area contributed by atoms with Crippen molar-refractivity contribution in [1.82, 2.24) is 40.3 Å². The molecule has 5 aromatic rings. The van der Waals surface area contributed by atoms with E-state index in [0.717, 1.165) is 12.1 Å². The summed E-state index contributed by atoms with van der Waals surface area (Å²) in [5.41, 5.74) is -8.45. The summed E-state index contributed by atoms with van der Waals surface area (Å²) in [6.45, 7) is 1.67. The van der Waals surface area contributed by atoms with Crippen molar-refractivity contribution in [3.8, 4) is 34.2 Å². The van der Waals surface area contributed by atoms with E-state index in [9.17, 15) is 49.5 Å². The lowest BCUT2D eigenvalue weighted by molar-refractivity contribution is 0.0672. The number of aromatic nitrogens is 7. The van der Waals surface area contributed by atoms with Gasteiger partial charge in [0.05, 0.1) is 23.8 Å². The number of amides is 1. The summed E-state index contributed by atoms with van der Waals surface area (Å²) in [6.07, 6.45) is 1.40. The molecule has 0 radical (unpaired) electrons. The Bertz CT molecular complexity index is 1960. The number of rotatable bonds is 8. The maximum absolute atomic E-state index is 14.7. The standard InChI is InChI=1S/C26H12F8N8O5/c1-2-35-24(43)7-3-8(10-5-41(39-37-10)22-18(31)14(27)12(25(44)45)15(28)19(22)32)36-9(4-7)11-6-42(40-38-11)23-20(33)16(29)13(26(46)47)17(30)21(23)34/h3-6H,2H2,1H3,(H,35,43)(H,44,45)(H,46,47). The molecule has 0 spiro atoms. The third-order valence-corrected chi connectivity index (χ3v) is 6.30. The van der Waals surface area contributed by atoms with Crippen molar-refractivity contribution in [3.63, 3.8) is 0 Å². The van der Waals surface area contributed by atoms with Gasteiger partial charge in [-0.2, -0.15) is 0 Å². The SMILES string of the molecule is CCNC(=O)c1cc(-c2cn(-c3c(F)c(F)c(C(=O)O)c(F)c3F)nn2)nc(-c2cn(-c3c(F)c(F)c(C(=O)O)c(F)c3F)nn2)c1. The third kappa shape index (κ3) is 5.36. The summed E-state index contributed by atoms with van der Waals surface area (Å²) >= 11 is 0. The number of hydrogen-bond acceptors (Lipinski definition) is 8. The molecule has 1 amide bonds. The predicted octanol–water partition coefficient (Wildman–Crippen LogP) is 3.84. The first-order valence-corrected chi connectivity index (χ1v) is 12.5. The summed E-state index contributed by atoms with van der Waals surface area (Å²) < 4.78 is 116. The topological polar surface area (TPSA) is 178 Å². The third-order valence-electron chi connectivity index (χ3n) is 6.30. The number of aromatic carboxylic acids is 2. The highest BCUT2D eigenvalue weighted by Crippen LogP contribution is 2.30. The normalized spacial score (nSPS) is 11.2. The smallest absolute Gasteiger partial charge is 0.341 e. The van der Waals surface area contributed by atoms with E-state index >= 15 is 0 Å². The van der Waals surface area contributed by atoms with E-state index in [2.05, 4.69) is 30.9 Å². The molecule has 0 saturated heterocycles. The van der Waals surface area contributed by atoms with Gasteiger partial charge in [0.2, 0.25) is 0 Å². The molecular formula is C26H12F8N8O5. The van der Waals surface area contributed by atoms with Crippen LogP contribution in [0.3, 0.4) is 0 Å². The number of benzene rings is 2. The molecule has 0 aliphatic rings. The van der Waals surface area contributed by atoms with Crippen LogP contribution in [0.15, 0.2) is 24.5 Å². The summed E-state index contributed by atoms with van der Waals surface area (Å²) in [7, 11) is 0. The molecule has 2 aromatic carbocycles. The summed E-state index contributed by atoms with van der Waals surface area (Å²) in [6, 6.07) is 2.15. The summed E-state index contributed by atoms with van der Waals surface area (Å²) in [4.78, 5) is 38.9. The van der Waals surface area contributed by atoms with Gasteiger partial charge in [0.1, 0.15) is 33.9 Å². The van der Waals surface area contributed by atoms with Gasteiger partial charge in [-0.05, 0) is 19.1 Å². The van der Waals surface area contributed by atoms with E-state index in [-0.39, 0.29) is 32.9 Å². The van der Waals surface area contributed by atoms with Crippen molar-refractivity contribution >= 4 is 17.8 Å². The summed E-state index contributed by atoms with van der Waals surface area (Å²) in [5, 5.41) is 34.3. The molecule has 13 nitrogen and oxygen atoms in total. The molecule has 0 fully saturated rings. The van der Waals surface area contributed by atoms with Gasteiger partial charge in [-0.15, -0.1) is 10.2 Å². The highest BCUT2D eigenvalue weighted by Gasteiger charge is 2.32. The van der Waals surface area contributed by atoms with Crippen LogP contribution in [0.5, 0.6) is 0 Å². The van der Waals surface area contributed by atoms with Crippen LogP contribution in [-0.2, 0) is 0 Å². The van der Waals surface area contributed by atoms with Crippen molar-refractivity contribution in [2.24, 2.45) is 0 Å². The van der Waals surface area contributed by atoms with Crippen molar-refractivity contribution in [2.75, 3.05) is 6.54 Å². The highest BCUT2D eigenvalue weighted by atomic mass is 19.2. The summed E-state index contributed by atoms with van der Waals surface area (Å²) in [5.74, 6) is -22.8. The molecule has 3 N–H and O–H groups in total. The molecular weight excluding hydrogens is 656 g/mol. The fraction of sp³-hybridized carbons (Fsp3) is 0.0769. The fourth-order valence-corrected chi connectivity index (χ4v) is 4.19. The molecule has 0 atom stereocenters. The van der Waals surface area contributed by atoms with E-state index in [1.165, 1.54) is 0 Å². The lowest BCUT2D eigenvalue weighted by Gasteiger charge is -2.09. The molecule has 0 aliphatic carbocycles. The average Bonchev–Trinajstić information content (AvgIpc) is 3.70. The zero-order valence-corrected chi connectivity index (χ0v) is 22.8. The van der Waals surface area contributed by atoms with Gasteiger partial charge in [-0.3, -0.25) is 4.79 Å². The largest absolute Gasteiger partial charge is 0.477 e. The minimum absolute atomic E-state index is 0.113. The number of pyridine rings is 1. The predicted molar refractivity (Wildman–Crippen MR) is 137 cm³/mol. The first kappa shape index (κ1) is 32.1. The zero-order valence-electron chi connectivity index (χ0n) is 22.8. The maximum atomic E-state index is 14.7. The van der Waals surface area contributed by atoms with E-state index < -0.39 is 98.3 Å². The van der Waals surface area contributed by atoms with E-state index in [1.54, 1.807) is 6.92 Å². The monoisotopic (exact) mass is 668 g/mol. The van der Waals surface area contributed by atoms with Crippen molar-refractivity contribution in [3.05, 3.63) is 87.8 Å². The average molecular weight is 668 g/mol. The molecule has 242 valence electrons. The Morgan fingerprint density at radius 2 is 1.00 bits per heavy atom. The van der Waals surface area contributed by atoms with Gasteiger partial charge in [0.25, 0.3) is 5.91 Å². The Morgan fingerprint density at radius 3 is 1.32 bits per heavy atom.